The van der Waals surface area contributed by atoms with E-state index in [0.29, 0.717) is 5.76 Å². The quantitative estimate of drug-likeness (QED) is 0.504. The molecule has 1 aliphatic rings. The third-order valence-corrected chi connectivity index (χ3v) is 1.14. The van der Waals surface area contributed by atoms with Crippen molar-refractivity contribution < 1.29 is 5.11 Å². The molecular formula is C7H9O. The van der Waals surface area contributed by atoms with E-state index in [1.165, 1.54) is 0 Å². The molecule has 0 aromatic carbocycles. The molecule has 0 amide bonds. The SMILES string of the molecule is CC1=CC[CH]C(O)=C1. The molecule has 1 N–H and O–H groups in total. The monoisotopic (exact) mass is 109 g/mol. The molecule has 0 heterocycles. The van der Waals surface area contributed by atoms with Gasteiger partial charge in [-0.3, -0.25) is 0 Å². The summed E-state index contributed by atoms with van der Waals surface area (Å²) in [5.74, 6) is 0.394. The molecule has 0 spiro atoms. The van der Waals surface area contributed by atoms with Gasteiger partial charge in [0.15, 0.2) is 0 Å². The molecule has 0 aromatic heterocycles. The van der Waals surface area contributed by atoms with Crippen molar-refractivity contribution >= 4 is 0 Å². The normalized spacial score (nSPS) is 19.6. The third-order valence-electron chi connectivity index (χ3n) is 1.14. The van der Waals surface area contributed by atoms with E-state index >= 15 is 0 Å². The van der Waals surface area contributed by atoms with Crippen LogP contribution in [0.5, 0.6) is 0 Å². The highest BCUT2D eigenvalue weighted by atomic mass is 16.3. The van der Waals surface area contributed by atoms with Gasteiger partial charge in [-0.15, -0.1) is 0 Å². The molecule has 0 unspecified atom stereocenters. The number of rotatable bonds is 0. The van der Waals surface area contributed by atoms with E-state index in [4.69, 9.17) is 5.11 Å². The molecule has 1 rings (SSSR count). The van der Waals surface area contributed by atoms with Crippen molar-refractivity contribution in [2.75, 3.05) is 0 Å². The van der Waals surface area contributed by atoms with Gasteiger partial charge < -0.3 is 5.11 Å². The number of hydrogen-bond donors (Lipinski definition) is 1. The smallest absolute Gasteiger partial charge is 0.0966 e. The van der Waals surface area contributed by atoms with Crippen LogP contribution in [0.25, 0.3) is 0 Å². The Morgan fingerprint density at radius 3 is 2.75 bits per heavy atom. The van der Waals surface area contributed by atoms with Crippen molar-refractivity contribution in [3.05, 3.63) is 29.9 Å². The van der Waals surface area contributed by atoms with Crippen molar-refractivity contribution in [1.82, 2.24) is 0 Å². The molecule has 0 saturated heterocycles. The Hall–Kier alpha value is -0.720. The second-order valence-electron chi connectivity index (χ2n) is 1.96. The minimum Gasteiger partial charge on any atom is -0.512 e. The fraction of sp³-hybridized carbons (Fsp3) is 0.286. The number of aliphatic hydroxyl groups is 1. The van der Waals surface area contributed by atoms with Crippen LogP contribution < -0.4 is 0 Å². The van der Waals surface area contributed by atoms with Crippen LogP contribution in [0.2, 0.25) is 0 Å². The fourth-order valence-electron chi connectivity index (χ4n) is 0.717. The second kappa shape index (κ2) is 2.03. The van der Waals surface area contributed by atoms with Gasteiger partial charge in [-0.2, -0.15) is 0 Å². The van der Waals surface area contributed by atoms with Gasteiger partial charge in [-0.1, -0.05) is 11.6 Å². The molecule has 43 valence electrons. The van der Waals surface area contributed by atoms with Crippen LogP contribution in [0, 0.1) is 6.42 Å². The highest BCUT2D eigenvalue weighted by molar-refractivity contribution is 5.27. The van der Waals surface area contributed by atoms with Crippen molar-refractivity contribution in [2.45, 2.75) is 13.3 Å². The van der Waals surface area contributed by atoms with Crippen molar-refractivity contribution in [3.8, 4) is 0 Å². The average molecular weight is 109 g/mol. The number of aliphatic hydroxyl groups excluding tert-OH is 1. The lowest BCUT2D eigenvalue weighted by molar-refractivity contribution is 0.417. The van der Waals surface area contributed by atoms with E-state index in [1.54, 1.807) is 12.5 Å². The zero-order chi connectivity index (χ0) is 5.98. The Morgan fingerprint density at radius 2 is 2.38 bits per heavy atom. The molecule has 0 atom stereocenters. The summed E-state index contributed by atoms with van der Waals surface area (Å²) in [5, 5.41) is 8.84. The van der Waals surface area contributed by atoms with Gasteiger partial charge >= 0.3 is 0 Å². The first kappa shape index (κ1) is 5.42. The Kier molecular flexibility index (Phi) is 1.38. The van der Waals surface area contributed by atoms with Crippen molar-refractivity contribution in [3.63, 3.8) is 0 Å². The highest BCUT2D eigenvalue weighted by Gasteiger charge is 1.97. The maximum absolute atomic E-state index is 8.84. The topological polar surface area (TPSA) is 20.2 Å². The van der Waals surface area contributed by atoms with Crippen molar-refractivity contribution in [2.24, 2.45) is 0 Å². The van der Waals surface area contributed by atoms with E-state index in [9.17, 15) is 0 Å². The molecule has 1 radical (unpaired) electrons. The van der Waals surface area contributed by atoms with Gasteiger partial charge in [-0.05, 0) is 19.4 Å². The minimum absolute atomic E-state index is 0.394. The first-order chi connectivity index (χ1) is 3.79. The molecular weight excluding hydrogens is 100 g/mol. The Labute approximate surface area is 49.3 Å². The summed E-state index contributed by atoms with van der Waals surface area (Å²) in [5.41, 5.74) is 1.14. The molecule has 0 aliphatic heterocycles. The molecule has 1 aliphatic carbocycles. The molecule has 0 fully saturated rings. The van der Waals surface area contributed by atoms with Crippen LogP contribution >= 0.6 is 0 Å². The van der Waals surface area contributed by atoms with Crippen LogP contribution in [0.3, 0.4) is 0 Å². The summed E-state index contributed by atoms with van der Waals surface area (Å²) in [6.45, 7) is 1.98. The lowest BCUT2D eigenvalue weighted by atomic mass is 10.1. The highest BCUT2D eigenvalue weighted by Crippen LogP contribution is 2.12. The first-order valence-corrected chi connectivity index (χ1v) is 2.69. The molecule has 0 saturated carbocycles. The first-order valence-electron chi connectivity index (χ1n) is 2.69. The van der Waals surface area contributed by atoms with Gasteiger partial charge in [0, 0.05) is 6.42 Å². The predicted molar refractivity (Wildman–Crippen MR) is 33.4 cm³/mol. The molecule has 8 heavy (non-hydrogen) atoms. The standard InChI is InChI=1S/C7H9O/c1-6-3-2-4-7(8)5-6/h3-5,8H,2H2,1H3. The summed E-state index contributed by atoms with van der Waals surface area (Å²) >= 11 is 0. The zero-order valence-corrected chi connectivity index (χ0v) is 4.89. The van der Waals surface area contributed by atoms with Crippen LogP contribution in [0.4, 0.5) is 0 Å². The van der Waals surface area contributed by atoms with Gasteiger partial charge in [0.2, 0.25) is 0 Å². The Bertz CT molecular complexity index is 142. The van der Waals surface area contributed by atoms with E-state index < -0.39 is 0 Å². The third kappa shape index (κ3) is 1.12. The van der Waals surface area contributed by atoms with Crippen LogP contribution in [0.1, 0.15) is 13.3 Å². The van der Waals surface area contributed by atoms with Crippen LogP contribution in [-0.2, 0) is 0 Å². The lowest BCUT2D eigenvalue weighted by Crippen LogP contribution is -1.88. The zero-order valence-electron chi connectivity index (χ0n) is 4.89. The maximum Gasteiger partial charge on any atom is 0.0966 e. The summed E-state index contributed by atoms with van der Waals surface area (Å²) in [6.07, 6.45) is 6.48. The molecule has 0 bridgehead atoms. The van der Waals surface area contributed by atoms with Gasteiger partial charge in [0.1, 0.15) is 0 Å². The van der Waals surface area contributed by atoms with Crippen molar-refractivity contribution in [1.29, 1.82) is 0 Å². The van der Waals surface area contributed by atoms with E-state index in [1.807, 2.05) is 6.92 Å². The molecule has 0 aromatic rings. The minimum atomic E-state index is 0.394. The van der Waals surface area contributed by atoms with Crippen LogP contribution in [0.15, 0.2) is 23.5 Å². The second-order valence-corrected chi connectivity index (χ2v) is 1.96. The summed E-state index contributed by atoms with van der Waals surface area (Å²) in [4.78, 5) is 0. The molecule has 1 nitrogen and oxygen atoms in total. The fourth-order valence-corrected chi connectivity index (χ4v) is 0.717. The van der Waals surface area contributed by atoms with Gasteiger partial charge in [-0.25, -0.2) is 0 Å². The Morgan fingerprint density at radius 1 is 1.62 bits per heavy atom. The summed E-state index contributed by atoms with van der Waals surface area (Å²) in [7, 11) is 0. The Balaban J connectivity index is 2.69. The maximum atomic E-state index is 8.84. The van der Waals surface area contributed by atoms with E-state index in [-0.39, 0.29) is 0 Å². The van der Waals surface area contributed by atoms with E-state index in [0.717, 1.165) is 12.0 Å². The van der Waals surface area contributed by atoms with Crippen LogP contribution in [-0.4, -0.2) is 5.11 Å². The largest absolute Gasteiger partial charge is 0.512 e. The molecule has 1 heteroatoms. The summed E-state index contributed by atoms with van der Waals surface area (Å²) in [6, 6.07) is 0. The number of hydrogen-bond acceptors (Lipinski definition) is 1. The lowest BCUT2D eigenvalue weighted by Gasteiger charge is -2.02. The van der Waals surface area contributed by atoms with E-state index in [2.05, 4.69) is 6.08 Å². The predicted octanol–water partition coefficient (Wildman–Crippen LogP) is 1.98. The number of allylic oxidation sites excluding steroid dienone is 4. The summed E-state index contributed by atoms with van der Waals surface area (Å²) < 4.78 is 0. The van der Waals surface area contributed by atoms with Gasteiger partial charge in [0.25, 0.3) is 0 Å². The average Bonchev–Trinajstić information content (AvgIpc) is 1.64. The van der Waals surface area contributed by atoms with Gasteiger partial charge in [0.05, 0.1) is 5.76 Å².